The second-order valence-corrected chi connectivity index (χ2v) is 11.3. The van der Waals surface area contributed by atoms with Crippen molar-refractivity contribution in [1.29, 1.82) is 0 Å². The highest BCUT2D eigenvalue weighted by atomic mass is 31.3. The first-order valence-electron chi connectivity index (χ1n) is 9.18. The lowest BCUT2D eigenvalue weighted by Crippen LogP contribution is -2.29. The number of hydrogen-bond donors (Lipinski definition) is 4. The molecule has 0 bridgehead atoms. The maximum Gasteiger partial charge on any atom is 0.490 e. The number of azide groups is 1. The molecule has 1 saturated heterocycles. The summed E-state index contributed by atoms with van der Waals surface area (Å²) in [5.41, 5.74) is 14.8. The van der Waals surface area contributed by atoms with E-state index in [2.05, 4.69) is 38.1 Å². The average Bonchev–Trinajstić information content (AvgIpc) is 3.36. The van der Waals surface area contributed by atoms with Crippen molar-refractivity contribution in [2.75, 3.05) is 26.2 Å². The molecular weight excluding hydrogens is 541 g/mol. The summed E-state index contributed by atoms with van der Waals surface area (Å²) in [6.07, 6.45) is -0.0837. The minimum atomic E-state index is -5.58. The lowest BCUT2D eigenvalue weighted by atomic mass is 10.2. The molecule has 1 fully saturated rings. The quantitative estimate of drug-likeness (QED) is 0.123. The summed E-state index contributed by atoms with van der Waals surface area (Å²) in [7, 11) is -15.3. The topological polar surface area (TPSA) is 286 Å². The Morgan fingerprint density at radius 2 is 1.94 bits per heavy atom. The standard InChI is InChI=1S/C12H19N8O12P3/c1-27-33(21,22)31-35(25,26)32-34(23,24)29-3-8-7(28-6-18-19-14)2-9(30-8)20-5-17-10-11(13)15-4-16-12(10)20/h4-5,7-9H,2-3,6H2,1H3,(H,21,22)(H,23,24)(H,25,26)(H2,13,15,16)/t7-,8+,9+/m0/s1. The van der Waals surface area contributed by atoms with Gasteiger partial charge in [0.25, 0.3) is 0 Å². The molecule has 23 heteroatoms. The van der Waals surface area contributed by atoms with Crippen molar-refractivity contribution in [3.8, 4) is 0 Å². The number of rotatable bonds is 12. The second-order valence-electron chi connectivity index (χ2n) is 6.56. The van der Waals surface area contributed by atoms with Gasteiger partial charge in [0.15, 0.2) is 11.5 Å². The zero-order valence-corrected chi connectivity index (χ0v) is 20.3. The van der Waals surface area contributed by atoms with E-state index < -0.39 is 55.2 Å². The Labute approximate surface area is 195 Å². The van der Waals surface area contributed by atoms with Crippen LogP contribution in [-0.2, 0) is 40.8 Å². The number of phosphoric ester groups is 2. The normalized spacial score (nSPS) is 25.4. The molecule has 0 amide bonds. The van der Waals surface area contributed by atoms with Gasteiger partial charge in [-0.05, 0) is 5.53 Å². The number of nitrogen functional groups attached to an aromatic ring is 1. The molecule has 3 unspecified atom stereocenters. The largest absolute Gasteiger partial charge is 0.490 e. The third-order valence-electron chi connectivity index (χ3n) is 4.33. The summed E-state index contributed by atoms with van der Waals surface area (Å²) >= 11 is 0. The van der Waals surface area contributed by atoms with Crippen molar-refractivity contribution in [2.45, 2.75) is 24.9 Å². The molecule has 3 rings (SSSR count). The van der Waals surface area contributed by atoms with Gasteiger partial charge in [-0.25, -0.2) is 28.6 Å². The fourth-order valence-corrected chi connectivity index (χ4v) is 6.20. The van der Waals surface area contributed by atoms with Crippen LogP contribution in [0.15, 0.2) is 17.8 Å². The second kappa shape index (κ2) is 10.9. The molecule has 0 aliphatic carbocycles. The first-order chi connectivity index (χ1) is 16.4. The molecule has 20 nitrogen and oxygen atoms in total. The Morgan fingerprint density at radius 1 is 1.23 bits per heavy atom. The van der Waals surface area contributed by atoms with Gasteiger partial charge < -0.3 is 29.9 Å². The fourth-order valence-electron chi connectivity index (χ4n) is 2.93. The average molecular weight is 560 g/mol. The van der Waals surface area contributed by atoms with Crippen LogP contribution in [0.2, 0.25) is 0 Å². The fraction of sp³-hybridized carbons (Fsp3) is 0.583. The molecule has 1 aliphatic rings. The first-order valence-corrected chi connectivity index (χ1v) is 13.7. The van der Waals surface area contributed by atoms with Gasteiger partial charge in [0.1, 0.15) is 30.9 Å². The van der Waals surface area contributed by atoms with Crippen LogP contribution in [0.5, 0.6) is 0 Å². The molecule has 6 atom stereocenters. The van der Waals surface area contributed by atoms with Crippen LogP contribution in [0.3, 0.4) is 0 Å². The highest BCUT2D eigenvalue weighted by molar-refractivity contribution is 7.66. The zero-order valence-electron chi connectivity index (χ0n) is 17.6. The van der Waals surface area contributed by atoms with E-state index >= 15 is 0 Å². The molecule has 3 heterocycles. The maximum atomic E-state index is 12.1. The molecule has 2 aromatic heterocycles. The molecule has 1 aliphatic heterocycles. The molecule has 0 saturated carbocycles. The van der Waals surface area contributed by atoms with Gasteiger partial charge in [-0.1, -0.05) is 5.11 Å². The first kappa shape index (κ1) is 27.6. The van der Waals surface area contributed by atoms with Crippen LogP contribution in [0.4, 0.5) is 5.82 Å². The minimum absolute atomic E-state index is 0.101. The van der Waals surface area contributed by atoms with Crippen molar-refractivity contribution in [3.63, 3.8) is 0 Å². The van der Waals surface area contributed by atoms with E-state index in [0.717, 1.165) is 0 Å². The van der Waals surface area contributed by atoms with Crippen LogP contribution < -0.4 is 5.73 Å². The van der Waals surface area contributed by atoms with Crippen molar-refractivity contribution >= 4 is 40.4 Å². The summed E-state index contributed by atoms with van der Waals surface area (Å²) in [4.78, 5) is 42.9. The van der Waals surface area contributed by atoms with E-state index in [1.165, 1.54) is 17.2 Å². The van der Waals surface area contributed by atoms with E-state index in [0.29, 0.717) is 18.3 Å². The van der Waals surface area contributed by atoms with Crippen LogP contribution in [0.25, 0.3) is 21.6 Å². The van der Waals surface area contributed by atoms with Crippen molar-refractivity contribution in [2.24, 2.45) is 5.11 Å². The van der Waals surface area contributed by atoms with Gasteiger partial charge in [-0.2, -0.15) is 8.62 Å². The molecule has 35 heavy (non-hydrogen) atoms. The highest BCUT2D eigenvalue weighted by Crippen LogP contribution is 2.67. The lowest BCUT2D eigenvalue weighted by Gasteiger charge is -2.21. The van der Waals surface area contributed by atoms with Gasteiger partial charge in [-0.15, -0.1) is 0 Å². The van der Waals surface area contributed by atoms with Crippen molar-refractivity contribution in [3.05, 3.63) is 23.1 Å². The van der Waals surface area contributed by atoms with E-state index in [1.807, 2.05) is 0 Å². The van der Waals surface area contributed by atoms with Gasteiger partial charge in [0.2, 0.25) is 0 Å². The zero-order chi connectivity index (χ0) is 25.9. The van der Waals surface area contributed by atoms with Gasteiger partial charge >= 0.3 is 23.5 Å². The smallest absolute Gasteiger partial charge is 0.382 e. The van der Waals surface area contributed by atoms with Crippen molar-refractivity contribution in [1.82, 2.24) is 19.5 Å². The summed E-state index contributed by atoms with van der Waals surface area (Å²) < 4.78 is 64.3. The highest BCUT2D eigenvalue weighted by Gasteiger charge is 2.44. The molecule has 0 spiro atoms. The van der Waals surface area contributed by atoms with Crippen molar-refractivity contribution < 1.29 is 55.5 Å². The third kappa shape index (κ3) is 7.25. The van der Waals surface area contributed by atoms with Crippen LogP contribution in [0.1, 0.15) is 12.6 Å². The summed E-state index contributed by atoms with van der Waals surface area (Å²) in [5.74, 6) is 0.123. The number of imidazole rings is 1. The number of phosphoric acid groups is 3. The molecule has 5 N–H and O–H groups in total. The molecule has 2 aromatic rings. The predicted molar refractivity (Wildman–Crippen MR) is 112 cm³/mol. The van der Waals surface area contributed by atoms with Crippen LogP contribution >= 0.6 is 23.5 Å². The van der Waals surface area contributed by atoms with E-state index in [4.69, 9.17) is 30.2 Å². The SMILES string of the molecule is COP(=O)(O)OP(=O)(O)OP(=O)(O)OC[C@H]1O[C@@H](n2cnc3c(N)ncnc32)C[C@@H]1OCN=[N+]=[N-]. The van der Waals surface area contributed by atoms with Gasteiger partial charge in [0.05, 0.1) is 19.0 Å². The monoisotopic (exact) mass is 560 g/mol. The summed E-state index contributed by atoms with van der Waals surface area (Å²) in [6.45, 7) is -1.15. The Balaban J connectivity index is 1.72. The number of anilines is 1. The van der Waals surface area contributed by atoms with Crippen LogP contribution in [-0.4, -0.2) is 66.9 Å². The number of nitrogens with two attached hydrogens (primary N) is 1. The van der Waals surface area contributed by atoms with Crippen LogP contribution in [0, 0.1) is 0 Å². The molecular formula is C12H19N8O12P3. The number of nitrogens with zero attached hydrogens (tertiary/aromatic N) is 7. The summed E-state index contributed by atoms with van der Waals surface area (Å²) in [6, 6.07) is 0. The Kier molecular flexibility index (Phi) is 8.62. The predicted octanol–water partition coefficient (Wildman–Crippen LogP) is 1.35. The van der Waals surface area contributed by atoms with E-state index in [9.17, 15) is 23.5 Å². The number of aromatic nitrogens is 4. The molecule has 194 valence electrons. The van der Waals surface area contributed by atoms with Gasteiger partial charge in [0, 0.05) is 18.4 Å². The number of hydrogen-bond acceptors (Lipinski definition) is 14. The maximum absolute atomic E-state index is 12.1. The molecule has 0 radical (unpaired) electrons. The Bertz CT molecular complexity index is 1250. The van der Waals surface area contributed by atoms with Gasteiger partial charge in [-0.3, -0.25) is 13.6 Å². The van der Waals surface area contributed by atoms with E-state index in [1.54, 1.807) is 0 Å². The Hall–Kier alpha value is -2.01. The molecule has 0 aromatic carbocycles. The Morgan fingerprint density at radius 3 is 2.63 bits per heavy atom. The minimum Gasteiger partial charge on any atom is -0.382 e. The lowest BCUT2D eigenvalue weighted by molar-refractivity contribution is -0.0583. The van der Waals surface area contributed by atoms with E-state index in [-0.39, 0.29) is 12.2 Å². The number of fused-ring (bicyclic) bond motifs is 1. The summed E-state index contributed by atoms with van der Waals surface area (Å²) in [5, 5.41) is 3.25. The number of ether oxygens (including phenoxy) is 2. The third-order valence-corrected chi connectivity index (χ3v) is 8.57.